The topological polar surface area (TPSA) is 79.6 Å². The molecular weight excluding hydrogens is 412 g/mol. The van der Waals surface area contributed by atoms with Gasteiger partial charge in [0.1, 0.15) is 5.76 Å². The van der Waals surface area contributed by atoms with E-state index in [0.29, 0.717) is 29.1 Å². The van der Waals surface area contributed by atoms with Crippen molar-refractivity contribution in [1.29, 1.82) is 0 Å². The predicted octanol–water partition coefficient (Wildman–Crippen LogP) is 3.96. The van der Waals surface area contributed by atoms with Gasteiger partial charge in [0, 0.05) is 19.2 Å². The van der Waals surface area contributed by atoms with Crippen molar-refractivity contribution in [3.8, 4) is 0 Å². The summed E-state index contributed by atoms with van der Waals surface area (Å²) in [6.45, 7) is 0.307. The molecule has 1 aliphatic rings. The van der Waals surface area contributed by atoms with E-state index in [4.69, 9.17) is 4.42 Å². The molecule has 0 fully saturated rings. The first kappa shape index (κ1) is 21.1. The fourth-order valence-corrected chi connectivity index (χ4v) is 5.27. The molecule has 0 radical (unpaired) electrons. The average Bonchev–Trinajstić information content (AvgIpc) is 3.31. The van der Waals surface area contributed by atoms with E-state index < -0.39 is 10.0 Å². The van der Waals surface area contributed by atoms with Crippen molar-refractivity contribution >= 4 is 22.0 Å². The van der Waals surface area contributed by atoms with Gasteiger partial charge in [-0.05, 0) is 59.9 Å². The maximum absolute atomic E-state index is 13.6. The standard InChI is InChI=1S/C24H24N2O4S/c1-25-24(27)20-10-8-18(9-11-20)16-26(17-22-7-4-14-30-22)31(28,29)23-13-12-19-5-2-3-6-21(19)15-23/h2-11,14-15H,12-13,16-17H2,1H3,(H,25,27). The lowest BCUT2D eigenvalue weighted by Gasteiger charge is -2.25. The second-order valence-corrected chi connectivity index (χ2v) is 9.43. The number of nitrogens with zero attached hydrogens (tertiary/aromatic N) is 1. The summed E-state index contributed by atoms with van der Waals surface area (Å²) in [5.74, 6) is 0.389. The highest BCUT2D eigenvalue weighted by molar-refractivity contribution is 7.93. The number of carbonyl (C=O) groups excluding carboxylic acids is 1. The number of nitrogens with one attached hydrogen (secondary N) is 1. The number of benzene rings is 2. The second-order valence-electron chi connectivity index (χ2n) is 7.44. The molecule has 3 aromatic rings. The SMILES string of the molecule is CNC(=O)c1ccc(CN(Cc2ccco2)S(=O)(=O)C2=Cc3ccccc3CC2)cc1. The third-order valence-corrected chi connectivity index (χ3v) is 7.32. The van der Waals surface area contributed by atoms with Crippen LogP contribution >= 0.6 is 0 Å². The molecule has 2 aromatic carbocycles. The van der Waals surface area contributed by atoms with Crippen LogP contribution in [0.2, 0.25) is 0 Å². The van der Waals surface area contributed by atoms with Crippen LogP contribution in [0.4, 0.5) is 0 Å². The maximum Gasteiger partial charge on any atom is 0.251 e. The molecule has 1 aromatic heterocycles. The molecule has 31 heavy (non-hydrogen) atoms. The quantitative estimate of drug-likeness (QED) is 0.608. The zero-order valence-electron chi connectivity index (χ0n) is 17.2. The van der Waals surface area contributed by atoms with E-state index in [-0.39, 0.29) is 19.0 Å². The normalized spacial score (nSPS) is 13.5. The first-order valence-electron chi connectivity index (χ1n) is 10.1. The first-order valence-corrected chi connectivity index (χ1v) is 11.5. The molecular formula is C24H24N2O4S. The molecule has 0 aliphatic heterocycles. The molecule has 0 saturated heterocycles. The minimum atomic E-state index is -3.72. The van der Waals surface area contributed by atoms with Crippen LogP contribution in [0.1, 0.15) is 39.2 Å². The van der Waals surface area contributed by atoms with Crippen molar-refractivity contribution in [1.82, 2.24) is 9.62 Å². The van der Waals surface area contributed by atoms with E-state index in [0.717, 1.165) is 16.7 Å². The Labute approximate surface area is 182 Å². The van der Waals surface area contributed by atoms with Gasteiger partial charge >= 0.3 is 0 Å². The number of fused-ring (bicyclic) bond motifs is 1. The molecule has 6 nitrogen and oxygen atoms in total. The van der Waals surface area contributed by atoms with Gasteiger partial charge in [-0.3, -0.25) is 4.79 Å². The Morgan fingerprint density at radius 1 is 1.00 bits per heavy atom. The van der Waals surface area contributed by atoms with Crippen LogP contribution in [0.25, 0.3) is 6.08 Å². The van der Waals surface area contributed by atoms with Gasteiger partial charge in [0.2, 0.25) is 10.0 Å². The number of furan rings is 1. The summed E-state index contributed by atoms with van der Waals surface area (Å²) in [4.78, 5) is 12.2. The molecule has 0 unspecified atom stereocenters. The fraction of sp³-hybridized carbons (Fsp3) is 0.208. The maximum atomic E-state index is 13.6. The van der Waals surface area contributed by atoms with E-state index in [1.165, 1.54) is 10.6 Å². The summed E-state index contributed by atoms with van der Waals surface area (Å²) in [6.07, 6.45) is 4.46. The Bertz CT molecular complexity index is 1200. The zero-order chi connectivity index (χ0) is 21.8. The van der Waals surface area contributed by atoms with E-state index in [9.17, 15) is 13.2 Å². The van der Waals surface area contributed by atoms with E-state index in [2.05, 4.69) is 5.32 Å². The smallest absolute Gasteiger partial charge is 0.251 e. The van der Waals surface area contributed by atoms with E-state index in [1.807, 2.05) is 24.3 Å². The number of hydrogen-bond donors (Lipinski definition) is 1. The molecule has 0 atom stereocenters. The molecule has 0 bridgehead atoms. The van der Waals surface area contributed by atoms with Gasteiger partial charge in [0.15, 0.2) is 0 Å². The Hall–Kier alpha value is -3.16. The lowest BCUT2D eigenvalue weighted by Crippen LogP contribution is -2.31. The molecule has 1 aliphatic carbocycles. The summed E-state index contributed by atoms with van der Waals surface area (Å²) in [6, 6.07) is 18.3. The Morgan fingerprint density at radius 2 is 1.77 bits per heavy atom. The molecule has 0 spiro atoms. The number of carbonyl (C=O) groups is 1. The summed E-state index contributed by atoms with van der Waals surface area (Å²) < 4.78 is 34.1. The number of rotatable bonds is 7. The molecule has 1 heterocycles. The van der Waals surface area contributed by atoms with Gasteiger partial charge in [0.25, 0.3) is 5.91 Å². The van der Waals surface area contributed by atoms with Crippen LogP contribution in [0.15, 0.2) is 76.2 Å². The monoisotopic (exact) mass is 436 g/mol. The van der Waals surface area contributed by atoms with Gasteiger partial charge in [-0.15, -0.1) is 0 Å². The lowest BCUT2D eigenvalue weighted by molar-refractivity contribution is 0.0963. The largest absolute Gasteiger partial charge is 0.468 e. The number of amides is 1. The van der Waals surface area contributed by atoms with Crippen molar-refractivity contribution in [3.63, 3.8) is 0 Å². The number of sulfonamides is 1. The van der Waals surface area contributed by atoms with Gasteiger partial charge < -0.3 is 9.73 Å². The van der Waals surface area contributed by atoms with Crippen LogP contribution in [-0.4, -0.2) is 25.7 Å². The van der Waals surface area contributed by atoms with Crippen LogP contribution in [-0.2, 0) is 29.5 Å². The molecule has 160 valence electrons. The average molecular weight is 437 g/mol. The second kappa shape index (κ2) is 8.91. The minimum Gasteiger partial charge on any atom is -0.468 e. The summed E-state index contributed by atoms with van der Waals surface area (Å²) in [5, 5.41) is 2.58. The van der Waals surface area contributed by atoms with Crippen LogP contribution in [0, 0.1) is 0 Å². The molecule has 0 saturated carbocycles. The third-order valence-electron chi connectivity index (χ3n) is 5.40. The predicted molar refractivity (Wildman–Crippen MR) is 119 cm³/mol. The Morgan fingerprint density at radius 3 is 2.48 bits per heavy atom. The summed E-state index contributed by atoms with van der Waals surface area (Å²) in [7, 11) is -2.14. The van der Waals surface area contributed by atoms with Crippen molar-refractivity contribution in [2.45, 2.75) is 25.9 Å². The lowest BCUT2D eigenvalue weighted by atomic mass is 9.98. The van der Waals surface area contributed by atoms with Crippen molar-refractivity contribution in [2.24, 2.45) is 0 Å². The summed E-state index contributed by atoms with van der Waals surface area (Å²) >= 11 is 0. The molecule has 1 amide bonds. The highest BCUT2D eigenvalue weighted by Crippen LogP contribution is 2.30. The van der Waals surface area contributed by atoms with Gasteiger partial charge in [-0.1, -0.05) is 36.4 Å². The first-order chi connectivity index (χ1) is 15.0. The van der Waals surface area contributed by atoms with Crippen molar-refractivity contribution in [3.05, 3.63) is 99.8 Å². The zero-order valence-corrected chi connectivity index (χ0v) is 18.1. The van der Waals surface area contributed by atoms with Crippen LogP contribution < -0.4 is 5.32 Å². The Balaban J connectivity index is 1.65. The van der Waals surface area contributed by atoms with Crippen molar-refractivity contribution in [2.75, 3.05) is 7.05 Å². The van der Waals surface area contributed by atoms with Gasteiger partial charge in [-0.25, -0.2) is 8.42 Å². The minimum absolute atomic E-state index is 0.130. The van der Waals surface area contributed by atoms with Gasteiger partial charge in [0.05, 0.1) is 17.7 Å². The number of allylic oxidation sites excluding steroid dienone is 1. The van der Waals surface area contributed by atoms with Gasteiger partial charge in [-0.2, -0.15) is 4.31 Å². The molecule has 7 heteroatoms. The van der Waals surface area contributed by atoms with Crippen LogP contribution in [0.5, 0.6) is 0 Å². The molecule has 4 rings (SSSR count). The highest BCUT2D eigenvalue weighted by Gasteiger charge is 2.29. The number of hydrogen-bond acceptors (Lipinski definition) is 4. The van der Waals surface area contributed by atoms with Crippen molar-refractivity contribution < 1.29 is 17.6 Å². The highest BCUT2D eigenvalue weighted by atomic mass is 32.2. The summed E-state index contributed by atoms with van der Waals surface area (Å²) in [5.41, 5.74) is 3.42. The Kier molecular flexibility index (Phi) is 6.06. The van der Waals surface area contributed by atoms with Crippen LogP contribution in [0.3, 0.4) is 0 Å². The molecule has 1 N–H and O–H groups in total. The van der Waals surface area contributed by atoms with E-state index >= 15 is 0 Å². The number of aryl methyl sites for hydroxylation is 1. The van der Waals surface area contributed by atoms with E-state index in [1.54, 1.807) is 49.5 Å². The third kappa shape index (κ3) is 4.62. The fourth-order valence-electron chi connectivity index (χ4n) is 3.69.